The predicted octanol–water partition coefficient (Wildman–Crippen LogP) is -2.99. The van der Waals surface area contributed by atoms with E-state index in [9.17, 15) is 77.6 Å². The highest BCUT2D eigenvalue weighted by molar-refractivity contribution is 5.98. The molecule has 0 radical (unpaired) electrons. The van der Waals surface area contributed by atoms with Crippen molar-refractivity contribution in [1.29, 1.82) is 0 Å². The molecule has 482 valence electrons. The van der Waals surface area contributed by atoms with E-state index in [0.29, 0.717) is 0 Å². The zero-order chi connectivity index (χ0) is 65.8. The summed E-state index contributed by atoms with van der Waals surface area (Å²) in [5, 5.41) is 56.6. The van der Waals surface area contributed by atoms with Crippen molar-refractivity contribution < 1.29 is 87.5 Å². The maximum absolute atomic E-state index is 14.3. The average Bonchev–Trinajstić information content (AvgIpc) is 4.06. The standard InChI is InChI=1S/C55H79N15O18/c1-27(2)24-39(68-49(82)37(17-20-42(72)73)66-50(83)38(18-21-43(74)75)70-55(87)88-26-33-31-12-6-4-10-29(31)30-11-5-7-13-32(30)33)51(84)67-36(16-19-41(56)71)48(81)65-35(15-9-23-62-54(59)60)47(80)64-34(14-8-22-61-53(57)58)46(79)63-28(3)45(78)69-40(52(85)86)25-44(76)77/h4-7,10-13,27-28,33-40H,8-9,14-26H2,1-3H3,(H2,56,71)(H,63,79)(H,64,80)(H,65,81)(H,66,83)(H,67,84)(H,68,82)(H,69,78)(H,70,87)(H,72,73)(H,74,75)(H,76,77)(H,85,86)(H4,57,58,61)(H4,59,60,62)/t28-,34-,35-,36-,37-,38-,39-,40-/m0/s1. The van der Waals surface area contributed by atoms with Crippen molar-refractivity contribution >= 4 is 89.1 Å². The molecule has 33 nitrogen and oxygen atoms in total. The molecule has 0 spiro atoms. The van der Waals surface area contributed by atoms with Gasteiger partial charge in [0.1, 0.15) is 54.9 Å². The predicted molar refractivity (Wildman–Crippen MR) is 313 cm³/mol. The number of nitrogens with two attached hydrogens (primary N) is 5. The van der Waals surface area contributed by atoms with Gasteiger partial charge in [-0.25, -0.2) is 9.59 Å². The van der Waals surface area contributed by atoms with Crippen LogP contribution in [0.5, 0.6) is 0 Å². The van der Waals surface area contributed by atoms with Gasteiger partial charge in [-0.15, -0.1) is 0 Å². The third kappa shape index (κ3) is 25.2. The van der Waals surface area contributed by atoms with Crippen molar-refractivity contribution in [2.75, 3.05) is 19.7 Å². The molecule has 0 saturated heterocycles. The minimum Gasteiger partial charge on any atom is -0.481 e. The van der Waals surface area contributed by atoms with Crippen LogP contribution in [0.2, 0.25) is 0 Å². The van der Waals surface area contributed by atoms with Crippen LogP contribution in [0, 0.1) is 5.92 Å². The first-order valence-electron chi connectivity index (χ1n) is 28.0. The maximum Gasteiger partial charge on any atom is 0.407 e. The Morgan fingerprint density at radius 2 is 0.841 bits per heavy atom. The summed E-state index contributed by atoms with van der Waals surface area (Å²) < 4.78 is 5.57. The van der Waals surface area contributed by atoms with E-state index in [-0.39, 0.29) is 63.7 Å². The largest absolute Gasteiger partial charge is 0.481 e. The lowest BCUT2D eigenvalue weighted by Crippen LogP contribution is -2.60. The van der Waals surface area contributed by atoms with E-state index in [4.69, 9.17) is 38.5 Å². The van der Waals surface area contributed by atoms with Gasteiger partial charge in [-0.1, -0.05) is 62.4 Å². The molecule has 2 aromatic rings. The van der Waals surface area contributed by atoms with Crippen LogP contribution >= 0.6 is 0 Å². The number of aliphatic imine (C=N–C) groups is 2. The second kappa shape index (κ2) is 36.0. The number of carbonyl (C=O) groups excluding carboxylic acids is 9. The van der Waals surface area contributed by atoms with Gasteiger partial charge in [0.25, 0.3) is 0 Å². The Morgan fingerprint density at radius 1 is 0.466 bits per heavy atom. The van der Waals surface area contributed by atoms with E-state index in [1.165, 1.54) is 0 Å². The minimum atomic E-state index is -1.88. The fraction of sp³-hybridized carbons (Fsp3) is 0.509. The number of primary amides is 1. The molecule has 0 heterocycles. The first kappa shape index (κ1) is 72.2. The van der Waals surface area contributed by atoms with Crippen molar-refractivity contribution in [3.63, 3.8) is 0 Å². The van der Waals surface area contributed by atoms with Gasteiger partial charge in [0.15, 0.2) is 11.9 Å². The number of guanidine groups is 2. The molecule has 0 aliphatic heterocycles. The van der Waals surface area contributed by atoms with Gasteiger partial charge in [0.2, 0.25) is 47.3 Å². The number of benzene rings is 2. The molecule has 2 aromatic carbocycles. The summed E-state index contributed by atoms with van der Waals surface area (Å²) >= 11 is 0. The lowest BCUT2D eigenvalue weighted by Gasteiger charge is -2.28. The summed E-state index contributed by atoms with van der Waals surface area (Å²) in [7, 11) is 0. The molecule has 0 aromatic heterocycles. The molecular weight excluding hydrogens is 1160 g/mol. The van der Waals surface area contributed by atoms with Crippen LogP contribution < -0.4 is 71.2 Å². The van der Waals surface area contributed by atoms with E-state index in [1.54, 1.807) is 13.8 Å². The summed E-state index contributed by atoms with van der Waals surface area (Å²) in [6, 6.07) is 1.75. The van der Waals surface area contributed by atoms with Crippen molar-refractivity contribution in [2.24, 2.45) is 44.6 Å². The Kier molecular flexibility index (Phi) is 29.5. The van der Waals surface area contributed by atoms with Gasteiger partial charge >= 0.3 is 30.0 Å². The van der Waals surface area contributed by atoms with Crippen LogP contribution in [-0.4, -0.2) is 178 Å². The quantitative estimate of drug-likeness (QED) is 0.0180. The van der Waals surface area contributed by atoms with Crippen molar-refractivity contribution in [2.45, 2.75) is 152 Å². The van der Waals surface area contributed by atoms with E-state index >= 15 is 0 Å². The smallest absolute Gasteiger partial charge is 0.407 e. The summed E-state index contributed by atoms with van der Waals surface area (Å²) in [5.74, 6) is -15.9. The normalized spacial score (nSPS) is 14.1. The molecule has 88 heavy (non-hydrogen) atoms. The zero-order valence-corrected chi connectivity index (χ0v) is 48.8. The number of hydrogen-bond donors (Lipinski definition) is 17. The van der Waals surface area contributed by atoms with Crippen LogP contribution in [0.1, 0.15) is 115 Å². The third-order valence-electron chi connectivity index (χ3n) is 13.4. The number of fused-ring (bicyclic) bond motifs is 3. The first-order valence-corrected chi connectivity index (χ1v) is 28.0. The topological polar surface area (TPSA) is 563 Å². The minimum absolute atomic E-state index is 0.0118. The van der Waals surface area contributed by atoms with Crippen molar-refractivity contribution in [3.05, 3.63) is 59.7 Å². The zero-order valence-electron chi connectivity index (χ0n) is 48.8. The Labute approximate surface area is 504 Å². The number of amides is 9. The molecular formula is C55H79N15O18. The summed E-state index contributed by atoms with van der Waals surface area (Å²) in [6.45, 7) is 4.10. The Morgan fingerprint density at radius 3 is 1.24 bits per heavy atom. The molecule has 22 N–H and O–H groups in total. The van der Waals surface area contributed by atoms with Crippen LogP contribution in [0.25, 0.3) is 11.1 Å². The lowest BCUT2D eigenvalue weighted by molar-refractivity contribution is -0.147. The van der Waals surface area contributed by atoms with Gasteiger partial charge in [0.05, 0.1) is 6.42 Å². The fourth-order valence-electron chi connectivity index (χ4n) is 9.07. The number of aliphatic carboxylic acids is 4. The Hall–Kier alpha value is -10.1. The Balaban J connectivity index is 1.90. The molecule has 8 atom stereocenters. The average molecular weight is 1240 g/mol. The van der Waals surface area contributed by atoms with Gasteiger partial charge in [-0.2, -0.15) is 0 Å². The number of carboxylic acids is 4. The number of alkyl carbamates (subject to hydrolysis) is 1. The highest BCUT2D eigenvalue weighted by atomic mass is 16.5. The van der Waals surface area contributed by atoms with Crippen LogP contribution in [0.15, 0.2) is 58.5 Å². The molecule has 1 aliphatic carbocycles. The molecule has 3 rings (SSSR count). The first-order chi connectivity index (χ1) is 41.5. The molecule has 0 unspecified atom stereocenters. The summed E-state index contributed by atoms with van der Waals surface area (Å²) in [5.41, 5.74) is 30.9. The van der Waals surface area contributed by atoms with Crippen LogP contribution in [0.4, 0.5) is 4.79 Å². The Bertz CT molecular complexity index is 2870. The van der Waals surface area contributed by atoms with E-state index in [0.717, 1.165) is 29.2 Å². The molecule has 0 saturated carbocycles. The van der Waals surface area contributed by atoms with Gasteiger partial charge in [-0.3, -0.25) is 62.7 Å². The number of hydrogen-bond acceptors (Lipinski definition) is 16. The number of rotatable bonds is 39. The van der Waals surface area contributed by atoms with E-state index in [2.05, 4.69) is 47.2 Å². The lowest BCUT2D eigenvalue weighted by atomic mass is 9.98. The van der Waals surface area contributed by atoms with E-state index in [1.807, 2.05) is 53.8 Å². The van der Waals surface area contributed by atoms with Gasteiger partial charge in [0, 0.05) is 38.3 Å². The number of carboxylic acid groups (broad SMARTS) is 4. The van der Waals surface area contributed by atoms with Crippen LogP contribution in [-0.2, 0) is 62.3 Å². The van der Waals surface area contributed by atoms with Crippen molar-refractivity contribution in [3.8, 4) is 11.1 Å². The van der Waals surface area contributed by atoms with Gasteiger partial charge < -0.3 is 96.4 Å². The summed E-state index contributed by atoms with van der Waals surface area (Å²) in [6.07, 6.45) is -6.30. The third-order valence-corrected chi connectivity index (χ3v) is 13.4. The maximum atomic E-state index is 14.3. The highest BCUT2D eigenvalue weighted by Crippen LogP contribution is 2.44. The van der Waals surface area contributed by atoms with E-state index < -0.39 is 182 Å². The number of carbonyl (C=O) groups is 13. The van der Waals surface area contributed by atoms with Gasteiger partial charge in [-0.05, 0) is 86.5 Å². The van der Waals surface area contributed by atoms with Crippen molar-refractivity contribution in [1.82, 2.24) is 42.5 Å². The summed E-state index contributed by atoms with van der Waals surface area (Å²) in [4.78, 5) is 177. The molecule has 0 fully saturated rings. The number of nitrogens with one attached hydrogen (secondary N) is 8. The monoisotopic (exact) mass is 1240 g/mol. The van der Waals surface area contributed by atoms with Crippen LogP contribution in [0.3, 0.4) is 0 Å². The molecule has 1 aliphatic rings. The number of nitrogens with zero attached hydrogens (tertiary/aromatic N) is 2. The second-order valence-electron chi connectivity index (χ2n) is 21.0. The molecule has 33 heteroatoms. The molecule has 9 amide bonds. The highest BCUT2D eigenvalue weighted by Gasteiger charge is 2.36. The second-order valence-corrected chi connectivity index (χ2v) is 21.0. The molecule has 0 bridgehead atoms. The SMILES string of the molecule is CC(C)C[C@H](NC(=O)[C@H](CCC(=O)O)NC(=O)[C@H](CCC(=O)O)NC(=O)OCC1c2ccccc2-c2ccccc21)C(=O)N[C@@H](CCC(N)=O)C(=O)N[C@@H](CCCN=C(N)N)C(=O)N[C@@H](CCCN=C(N)N)C(=O)N[C@@H](C)C(=O)N[C@@H](CC(=O)O)C(=O)O. The fourth-order valence-corrected chi connectivity index (χ4v) is 9.07. The number of ether oxygens (including phenoxy) is 1.